The molecule has 2 aliphatic rings. The third-order valence-electron chi connectivity index (χ3n) is 5.01. The second-order valence-corrected chi connectivity index (χ2v) is 10.7. The second kappa shape index (κ2) is 7.26. The lowest BCUT2D eigenvalue weighted by Gasteiger charge is -2.33. The van der Waals surface area contributed by atoms with E-state index < -0.39 is 15.6 Å². The number of rotatable bonds is 2. The van der Waals surface area contributed by atoms with Crippen molar-refractivity contribution in [2.24, 2.45) is 0 Å². The van der Waals surface area contributed by atoms with E-state index in [4.69, 9.17) is 16.3 Å². The number of hydrogen-bond acceptors (Lipinski definition) is 4. The summed E-state index contributed by atoms with van der Waals surface area (Å²) in [7, 11) is -3.25. The monoisotopic (exact) mass is 414 g/mol. The minimum Gasteiger partial charge on any atom is -0.444 e. The van der Waals surface area contributed by atoms with Crippen LogP contribution in [0, 0.1) is 0 Å². The second-order valence-electron chi connectivity index (χ2n) is 8.31. The van der Waals surface area contributed by atoms with Gasteiger partial charge in [-0.25, -0.2) is 13.2 Å². The van der Waals surface area contributed by atoms with Crippen LogP contribution < -0.4 is 0 Å². The van der Waals surface area contributed by atoms with Crippen molar-refractivity contribution < 1.29 is 17.9 Å². The molecule has 27 heavy (non-hydrogen) atoms. The van der Waals surface area contributed by atoms with E-state index in [-0.39, 0.29) is 12.1 Å². The molecule has 0 aliphatic carbocycles. The van der Waals surface area contributed by atoms with E-state index in [0.29, 0.717) is 31.1 Å². The fraction of sp³-hybridized carbons (Fsp3) is 0.632. The highest BCUT2D eigenvalue weighted by Gasteiger charge is 2.36. The van der Waals surface area contributed by atoms with E-state index in [9.17, 15) is 13.2 Å². The van der Waals surface area contributed by atoms with Gasteiger partial charge in [0.1, 0.15) is 5.60 Å². The van der Waals surface area contributed by atoms with E-state index in [0.717, 1.165) is 29.5 Å². The fourth-order valence-electron chi connectivity index (χ4n) is 3.88. The van der Waals surface area contributed by atoms with Gasteiger partial charge in [0.15, 0.2) is 0 Å². The topological polar surface area (TPSA) is 66.9 Å². The molecule has 1 fully saturated rings. The normalized spacial score (nSPS) is 21.2. The van der Waals surface area contributed by atoms with Crippen molar-refractivity contribution in [3.8, 4) is 0 Å². The van der Waals surface area contributed by atoms with Crippen LogP contribution in [0.25, 0.3) is 0 Å². The number of fused-ring (bicyclic) bond motifs is 1. The van der Waals surface area contributed by atoms with E-state index in [1.165, 1.54) is 10.6 Å². The smallest absolute Gasteiger partial charge is 0.410 e. The molecule has 1 aromatic carbocycles. The zero-order chi connectivity index (χ0) is 20.0. The van der Waals surface area contributed by atoms with Gasteiger partial charge >= 0.3 is 6.09 Å². The standard InChI is InChI=1S/C19H27ClN2O4S/c1-19(2,3)26-18(23)22-8-5-6-17(22)16-11-14(20)10-13-12-21(27(4,24)25)9-7-15(13)16/h10-11,17H,5-9,12H2,1-4H3. The summed E-state index contributed by atoms with van der Waals surface area (Å²) in [6.45, 7) is 6.99. The molecule has 2 aliphatic heterocycles. The average molecular weight is 415 g/mol. The van der Waals surface area contributed by atoms with Crippen molar-refractivity contribution in [2.75, 3.05) is 19.3 Å². The lowest BCUT2D eigenvalue weighted by Crippen LogP contribution is -2.38. The lowest BCUT2D eigenvalue weighted by atomic mass is 9.90. The van der Waals surface area contributed by atoms with Crippen molar-refractivity contribution in [1.29, 1.82) is 0 Å². The Morgan fingerprint density at radius 2 is 1.96 bits per heavy atom. The molecule has 150 valence electrons. The zero-order valence-corrected chi connectivity index (χ0v) is 17.9. The van der Waals surface area contributed by atoms with Gasteiger partial charge in [-0.3, -0.25) is 0 Å². The number of halogens is 1. The summed E-state index contributed by atoms with van der Waals surface area (Å²) >= 11 is 6.35. The molecule has 0 spiro atoms. The van der Waals surface area contributed by atoms with Gasteiger partial charge in [0.2, 0.25) is 10.0 Å². The van der Waals surface area contributed by atoms with Gasteiger partial charge in [0, 0.05) is 24.7 Å². The Morgan fingerprint density at radius 3 is 2.59 bits per heavy atom. The number of amides is 1. The maximum absolute atomic E-state index is 12.7. The van der Waals surface area contributed by atoms with Crippen molar-refractivity contribution in [2.45, 2.75) is 58.2 Å². The van der Waals surface area contributed by atoms with E-state index in [1.54, 1.807) is 4.90 Å². The Morgan fingerprint density at radius 1 is 1.26 bits per heavy atom. The highest BCUT2D eigenvalue weighted by Crippen LogP contribution is 2.39. The molecule has 1 atom stereocenters. The summed E-state index contributed by atoms with van der Waals surface area (Å²) in [6, 6.07) is 3.67. The van der Waals surface area contributed by atoms with Gasteiger partial charge in [0.05, 0.1) is 12.3 Å². The summed E-state index contributed by atoms with van der Waals surface area (Å²) in [5.74, 6) is 0. The molecule has 1 aromatic rings. The van der Waals surface area contributed by atoms with Crippen molar-refractivity contribution in [1.82, 2.24) is 9.21 Å². The Kier molecular flexibility index (Phi) is 5.49. The molecule has 2 heterocycles. The molecule has 1 unspecified atom stereocenters. The van der Waals surface area contributed by atoms with Gasteiger partial charge in [-0.15, -0.1) is 0 Å². The minimum atomic E-state index is -3.25. The fourth-order valence-corrected chi connectivity index (χ4v) is 4.92. The first kappa shape index (κ1) is 20.4. The summed E-state index contributed by atoms with van der Waals surface area (Å²) in [6.07, 6.45) is 3.29. The number of carbonyl (C=O) groups is 1. The van der Waals surface area contributed by atoms with Crippen LogP contribution in [-0.4, -0.2) is 48.7 Å². The molecule has 0 saturated carbocycles. The summed E-state index contributed by atoms with van der Waals surface area (Å²) in [5.41, 5.74) is 2.51. The molecule has 0 aromatic heterocycles. The molecule has 1 amide bonds. The van der Waals surface area contributed by atoms with Gasteiger partial charge < -0.3 is 9.64 Å². The number of carbonyl (C=O) groups excluding carboxylic acids is 1. The average Bonchev–Trinajstić information content (AvgIpc) is 3.00. The van der Waals surface area contributed by atoms with E-state index in [2.05, 4.69) is 0 Å². The third-order valence-corrected chi connectivity index (χ3v) is 6.48. The SMILES string of the molecule is CC(C)(C)OC(=O)N1CCCC1c1cc(Cl)cc2c1CCN(S(C)(=O)=O)C2. The van der Waals surface area contributed by atoms with Crippen molar-refractivity contribution >= 4 is 27.7 Å². The van der Waals surface area contributed by atoms with E-state index in [1.807, 2.05) is 32.9 Å². The quantitative estimate of drug-likeness (QED) is 0.739. The van der Waals surface area contributed by atoms with Gasteiger partial charge in [0.25, 0.3) is 0 Å². The lowest BCUT2D eigenvalue weighted by molar-refractivity contribution is 0.0223. The Bertz CT molecular complexity index is 848. The zero-order valence-electron chi connectivity index (χ0n) is 16.3. The Hall–Kier alpha value is -1.31. The van der Waals surface area contributed by atoms with Crippen LogP contribution in [0.5, 0.6) is 0 Å². The molecule has 6 nitrogen and oxygen atoms in total. The van der Waals surface area contributed by atoms with Crippen LogP contribution in [0.4, 0.5) is 4.79 Å². The van der Waals surface area contributed by atoms with Crippen molar-refractivity contribution in [3.63, 3.8) is 0 Å². The predicted octanol–water partition coefficient (Wildman–Crippen LogP) is 3.73. The minimum absolute atomic E-state index is 0.0860. The number of ether oxygens (including phenoxy) is 1. The van der Waals surface area contributed by atoms with Crippen LogP contribution in [0.1, 0.15) is 56.3 Å². The number of likely N-dealkylation sites (tertiary alicyclic amines) is 1. The number of hydrogen-bond donors (Lipinski definition) is 0. The van der Waals surface area contributed by atoms with Crippen LogP contribution in [0.2, 0.25) is 5.02 Å². The number of nitrogens with zero attached hydrogens (tertiary/aromatic N) is 2. The first-order chi connectivity index (χ1) is 12.5. The van der Waals surface area contributed by atoms with Crippen molar-refractivity contribution in [3.05, 3.63) is 33.8 Å². The number of benzene rings is 1. The Balaban J connectivity index is 1.93. The molecule has 3 rings (SSSR count). The molecule has 0 radical (unpaired) electrons. The largest absolute Gasteiger partial charge is 0.444 e. The molecular weight excluding hydrogens is 388 g/mol. The highest BCUT2D eigenvalue weighted by molar-refractivity contribution is 7.88. The first-order valence-electron chi connectivity index (χ1n) is 9.21. The molecular formula is C19H27ClN2O4S. The van der Waals surface area contributed by atoms with Gasteiger partial charge in [-0.2, -0.15) is 4.31 Å². The van der Waals surface area contributed by atoms with Crippen LogP contribution in [0.15, 0.2) is 12.1 Å². The summed E-state index contributed by atoms with van der Waals surface area (Å²) in [4.78, 5) is 14.4. The number of sulfonamides is 1. The maximum atomic E-state index is 12.7. The predicted molar refractivity (Wildman–Crippen MR) is 105 cm³/mol. The molecule has 1 saturated heterocycles. The van der Waals surface area contributed by atoms with Crippen LogP contribution >= 0.6 is 11.6 Å². The molecule has 0 bridgehead atoms. The molecule has 0 N–H and O–H groups in total. The first-order valence-corrected chi connectivity index (χ1v) is 11.4. The maximum Gasteiger partial charge on any atom is 0.410 e. The van der Waals surface area contributed by atoms with Crippen LogP contribution in [-0.2, 0) is 27.7 Å². The van der Waals surface area contributed by atoms with Gasteiger partial charge in [-0.05, 0) is 68.9 Å². The highest BCUT2D eigenvalue weighted by atomic mass is 35.5. The third kappa shape index (κ3) is 4.58. The molecule has 8 heteroatoms. The Labute approximate surface area is 166 Å². The van der Waals surface area contributed by atoms with Crippen LogP contribution in [0.3, 0.4) is 0 Å². The van der Waals surface area contributed by atoms with E-state index >= 15 is 0 Å². The van der Waals surface area contributed by atoms with Gasteiger partial charge in [-0.1, -0.05) is 11.6 Å². The summed E-state index contributed by atoms with van der Waals surface area (Å²) < 4.78 is 30.9. The summed E-state index contributed by atoms with van der Waals surface area (Å²) in [5, 5.41) is 0.565.